The van der Waals surface area contributed by atoms with Gasteiger partial charge in [-0.25, -0.2) is 4.98 Å². The van der Waals surface area contributed by atoms with Crippen molar-refractivity contribution < 1.29 is 19.1 Å². The van der Waals surface area contributed by atoms with E-state index in [0.717, 1.165) is 29.7 Å². The molecule has 3 rings (SSSR count). The number of rotatable bonds is 9. The number of para-hydroxylation sites is 2. The van der Waals surface area contributed by atoms with Gasteiger partial charge in [-0.1, -0.05) is 12.1 Å². The molecule has 0 bridgehead atoms. The highest BCUT2D eigenvalue weighted by Crippen LogP contribution is 2.19. The maximum atomic E-state index is 12.3. The second-order valence-corrected chi connectivity index (χ2v) is 7.65. The van der Waals surface area contributed by atoms with Crippen LogP contribution in [0.3, 0.4) is 0 Å². The zero-order chi connectivity index (χ0) is 20.1. The standard InChI is InChI=1S/C19H24N4O4S/c1-22(9-17(24)20-13-7-8-13)18(25)11-27-19(26)10-23-15-6-4-3-5-14(15)21-16(23)12-28-2/h3-6,13H,7-12H2,1-2H3,(H,20,24). The van der Waals surface area contributed by atoms with Gasteiger partial charge in [-0.15, -0.1) is 0 Å². The Morgan fingerprint density at radius 3 is 2.79 bits per heavy atom. The molecule has 0 unspecified atom stereocenters. The molecule has 1 aliphatic carbocycles. The van der Waals surface area contributed by atoms with Gasteiger partial charge in [0, 0.05) is 13.1 Å². The number of imidazole rings is 1. The van der Waals surface area contributed by atoms with Crippen molar-refractivity contribution in [2.24, 2.45) is 0 Å². The number of hydrogen-bond donors (Lipinski definition) is 1. The Kier molecular flexibility index (Phi) is 6.56. The molecule has 0 saturated heterocycles. The molecule has 2 aromatic rings. The van der Waals surface area contributed by atoms with Crippen LogP contribution in [0.5, 0.6) is 0 Å². The molecule has 150 valence electrons. The fourth-order valence-corrected chi connectivity index (χ4v) is 3.25. The van der Waals surface area contributed by atoms with Crippen molar-refractivity contribution in [3.8, 4) is 0 Å². The Bertz CT molecular complexity index is 878. The van der Waals surface area contributed by atoms with E-state index in [2.05, 4.69) is 10.3 Å². The van der Waals surface area contributed by atoms with Gasteiger partial charge in [0.15, 0.2) is 6.61 Å². The first kappa shape index (κ1) is 20.2. The number of benzene rings is 1. The van der Waals surface area contributed by atoms with Gasteiger partial charge in [0.05, 0.1) is 23.3 Å². The maximum absolute atomic E-state index is 12.3. The minimum absolute atomic E-state index is 0.0183. The van der Waals surface area contributed by atoms with Crippen LogP contribution in [-0.2, 0) is 31.4 Å². The second-order valence-electron chi connectivity index (χ2n) is 6.79. The number of fused-ring (bicyclic) bond motifs is 1. The van der Waals surface area contributed by atoms with Crippen LogP contribution < -0.4 is 5.32 Å². The summed E-state index contributed by atoms with van der Waals surface area (Å²) in [5.41, 5.74) is 1.67. The summed E-state index contributed by atoms with van der Waals surface area (Å²) in [7, 11) is 1.52. The lowest BCUT2D eigenvalue weighted by molar-refractivity contribution is -0.152. The van der Waals surface area contributed by atoms with Crippen LogP contribution in [0, 0.1) is 0 Å². The molecule has 1 aliphatic rings. The van der Waals surface area contributed by atoms with Crippen molar-refractivity contribution in [3.05, 3.63) is 30.1 Å². The lowest BCUT2D eigenvalue weighted by atomic mass is 10.3. The monoisotopic (exact) mass is 404 g/mol. The number of carbonyl (C=O) groups excluding carboxylic acids is 3. The molecule has 0 aliphatic heterocycles. The summed E-state index contributed by atoms with van der Waals surface area (Å²) in [4.78, 5) is 42.0. The van der Waals surface area contributed by atoms with Crippen LogP contribution in [0.1, 0.15) is 18.7 Å². The first-order valence-corrected chi connectivity index (χ1v) is 10.5. The normalized spacial score (nSPS) is 13.4. The number of amides is 2. The summed E-state index contributed by atoms with van der Waals surface area (Å²) >= 11 is 1.61. The smallest absolute Gasteiger partial charge is 0.326 e. The number of nitrogens with zero attached hydrogens (tertiary/aromatic N) is 3. The summed E-state index contributed by atoms with van der Waals surface area (Å²) in [6.45, 7) is -0.455. The number of thioether (sulfide) groups is 1. The van der Waals surface area contributed by atoms with E-state index in [4.69, 9.17) is 4.74 Å². The van der Waals surface area contributed by atoms with Gasteiger partial charge in [0.2, 0.25) is 5.91 Å². The third-order valence-corrected chi connectivity index (χ3v) is 4.95. The largest absolute Gasteiger partial charge is 0.454 e. The average Bonchev–Trinajstić information content (AvgIpc) is 3.41. The number of hydrogen-bond acceptors (Lipinski definition) is 6. The molecule has 1 aromatic carbocycles. The molecule has 1 heterocycles. The SMILES string of the molecule is CSCc1nc2ccccc2n1CC(=O)OCC(=O)N(C)CC(=O)NC1CC1. The minimum Gasteiger partial charge on any atom is -0.454 e. The molecule has 8 nitrogen and oxygen atoms in total. The molecule has 1 aromatic heterocycles. The Balaban J connectivity index is 1.53. The van der Waals surface area contributed by atoms with Crippen LogP contribution in [0.25, 0.3) is 11.0 Å². The molecular formula is C19H24N4O4S. The molecule has 9 heteroatoms. The first-order chi connectivity index (χ1) is 13.5. The van der Waals surface area contributed by atoms with Gasteiger partial charge in [0.1, 0.15) is 12.4 Å². The highest BCUT2D eigenvalue weighted by molar-refractivity contribution is 7.97. The Hall–Kier alpha value is -2.55. The van der Waals surface area contributed by atoms with Crippen molar-refractivity contribution in [3.63, 3.8) is 0 Å². The number of esters is 1. The summed E-state index contributed by atoms with van der Waals surface area (Å²) < 4.78 is 6.95. The van der Waals surface area contributed by atoms with E-state index < -0.39 is 18.5 Å². The topological polar surface area (TPSA) is 93.5 Å². The van der Waals surface area contributed by atoms with Gasteiger partial charge in [-0.3, -0.25) is 14.4 Å². The zero-order valence-corrected chi connectivity index (χ0v) is 16.8. The lowest BCUT2D eigenvalue weighted by Crippen LogP contribution is -2.40. The van der Waals surface area contributed by atoms with Gasteiger partial charge >= 0.3 is 5.97 Å². The summed E-state index contributed by atoms with van der Waals surface area (Å²) in [6.07, 6.45) is 3.95. The molecule has 0 spiro atoms. The van der Waals surface area contributed by atoms with Gasteiger partial charge in [0.25, 0.3) is 5.91 Å². The van der Waals surface area contributed by atoms with E-state index in [1.54, 1.807) is 11.8 Å². The number of carbonyl (C=O) groups is 3. The van der Waals surface area contributed by atoms with E-state index in [1.807, 2.05) is 35.1 Å². The molecule has 1 fully saturated rings. The van der Waals surface area contributed by atoms with Gasteiger partial charge in [-0.05, 0) is 31.2 Å². The molecular weight excluding hydrogens is 380 g/mol. The Labute approximate surface area is 167 Å². The van der Waals surface area contributed by atoms with Gasteiger partial charge < -0.3 is 19.5 Å². The number of aromatic nitrogens is 2. The summed E-state index contributed by atoms with van der Waals surface area (Å²) in [6, 6.07) is 7.83. The quantitative estimate of drug-likeness (QED) is 0.631. The third-order valence-electron chi connectivity index (χ3n) is 4.40. The van der Waals surface area contributed by atoms with Crippen molar-refractivity contribution >= 4 is 40.6 Å². The lowest BCUT2D eigenvalue weighted by Gasteiger charge is -2.17. The van der Waals surface area contributed by atoms with Crippen molar-refractivity contribution in [2.45, 2.75) is 31.2 Å². The fraction of sp³-hybridized carbons (Fsp3) is 0.474. The van der Waals surface area contributed by atoms with Crippen LogP contribution in [-0.4, -0.2) is 64.7 Å². The predicted octanol–water partition coefficient (Wildman–Crippen LogP) is 1.18. The van der Waals surface area contributed by atoms with E-state index in [9.17, 15) is 14.4 Å². The molecule has 2 amide bonds. The molecule has 0 radical (unpaired) electrons. The average molecular weight is 404 g/mol. The van der Waals surface area contributed by atoms with E-state index in [-0.39, 0.29) is 25.0 Å². The third kappa shape index (κ3) is 5.25. The van der Waals surface area contributed by atoms with Crippen LogP contribution in [0.2, 0.25) is 0 Å². The summed E-state index contributed by atoms with van der Waals surface area (Å²) in [5.74, 6) is 0.315. The number of likely N-dealkylation sites (N-methyl/N-ethyl adjacent to an activating group) is 1. The van der Waals surface area contributed by atoms with Crippen molar-refractivity contribution in [1.82, 2.24) is 19.8 Å². The highest BCUT2D eigenvalue weighted by Gasteiger charge is 2.24. The minimum atomic E-state index is -0.519. The first-order valence-electron chi connectivity index (χ1n) is 9.10. The fourth-order valence-electron chi connectivity index (χ4n) is 2.77. The number of nitrogens with one attached hydrogen (secondary N) is 1. The molecule has 0 atom stereocenters. The summed E-state index contributed by atoms with van der Waals surface area (Å²) in [5, 5.41) is 2.82. The van der Waals surface area contributed by atoms with Crippen LogP contribution >= 0.6 is 11.8 Å². The van der Waals surface area contributed by atoms with Crippen LogP contribution in [0.4, 0.5) is 0 Å². The maximum Gasteiger partial charge on any atom is 0.326 e. The Morgan fingerprint density at radius 1 is 1.32 bits per heavy atom. The molecule has 28 heavy (non-hydrogen) atoms. The van der Waals surface area contributed by atoms with Gasteiger partial charge in [-0.2, -0.15) is 11.8 Å². The molecule has 1 saturated carbocycles. The van der Waals surface area contributed by atoms with Crippen LogP contribution in [0.15, 0.2) is 24.3 Å². The zero-order valence-electron chi connectivity index (χ0n) is 16.0. The van der Waals surface area contributed by atoms with E-state index in [0.29, 0.717) is 5.75 Å². The van der Waals surface area contributed by atoms with Crippen molar-refractivity contribution in [1.29, 1.82) is 0 Å². The van der Waals surface area contributed by atoms with Crippen molar-refractivity contribution in [2.75, 3.05) is 26.5 Å². The number of ether oxygens (including phenoxy) is 1. The Morgan fingerprint density at radius 2 is 2.07 bits per heavy atom. The predicted molar refractivity (Wildman–Crippen MR) is 107 cm³/mol. The van der Waals surface area contributed by atoms with E-state index in [1.165, 1.54) is 11.9 Å². The van der Waals surface area contributed by atoms with E-state index >= 15 is 0 Å². The highest BCUT2D eigenvalue weighted by atomic mass is 32.2. The second kappa shape index (κ2) is 9.09. The molecule has 1 N–H and O–H groups in total.